The summed E-state index contributed by atoms with van der Waals surface area (Å²) in [5, 5.41) is 0.525. The predicted molar refractivity (Wildman–Crippen MR) is 83.3 cm³/mol. The van der Waals surface area contributed by atoms with E-state index in [0.717, 1.165) is 39.2 Å². The zero-order valence-electron chi connectivity index (χ0n) is 12.0. The lowest BCUT2D eigenvalue weighted by molar-refractivity contribution is 0.0415. The number of nitrogens with zero attached hydrogens (tertiary/aromatic N) is 3. The maximum atomic E-state index is 6.05. The Balaban J connectivity index is 1.62. The van der Waals surface area contributed by atoms with Crippen LogP contribution in [0.1, 0.15) is 12.0 Å². The Morgan fingerprint density at radius 1 is 1.29 bits per heavy atom. The van der Waals surface area contributed by atoms with Crippen LogP contribution in [0.3, 0.4) is 0 Å². The monoisotopic (exact) mass is 305 g/mol. The summed E-state index contributed by atoms with van der Waals surface area (Å²) in [7, 11) is 0. The SMILES string of the molecule is Clc1nccn1CC1CN(Cc2ccccc2)CCCO1. The molecule has 1 saturated heterocycles. The van der Waals surface area contributed by atoms with Crippen LogP contribution < -0.4 is 0 Å². The number of hydrogen-bond donors (Lipinski definition) is 0. The fraction of sp³-hybridized carbons (Fsp3) is 0.438. The van der Waals surface area contributed by atoms with Crippen LogP contribution in [-0.2, 0) is 17.8 Å². The van der Waals surface area contributed by atoms with Crippen molar-refractivity contribution in [2.75, 3.05) is 19.7 Å². The number of benzene rings is 1. The van der Waals surface area contributed by atoms with E-state index in [2.05, 4.69) is 40.2 Å². The van der Waals surface area contributed by atoms with Crippen molar-refractivity contribution < 1.29 is 4.74 Å². The van der Waals surface area contributed by atoms with Crippen LogP contribution in [0, 0.1) is 0 Å². The lowest BCUT2D eigenvalue weighted by atomic mass is 10.2. The van der Waals surface area contributed by atoms with Crippen LogP contribution in [0.25, 0.3) is 0 Å². The van der Waals surface area contributed by atoms with E-state index in [1.165, 1.54) is 5.56 Å². The minimum Gasteiger partial charge on any atom is -0.375 e. The maximum absolute atomic E-state index is 6.05. The Kier molecular flexibility index (Phi) is 4.91. The first-order chi connectivity index (χ1) is 10.3. The Hall–Kier alpha value is -1.36. The highest BCUT2D eigenvalue weighted by Gasteiger charge is 2.20. The van der Waals surface area contributed by atoms with Gasteiger partial charge in [0.05, 0.1) is 12.6 Å². The Morgan fingerprint density at radius 2 is 2.14 bits per heavy atom. The number of halogens is 1. The second-order valence-corrected chi connectivity index (χ2v) is 5.75. The Bertz CT molecular complexity index is 558. The summed E-state index contributed by atoms with van der Waals surface area (Å²) in [4.78, 5) is 6.51. The van der Waals surface area contributed by atoms with Crippen molar-refractivity contribution in [1.82, 2.24) is 14.5 Å². The predicted octanol–water partition coefficient (Wildman–Crippen LogP) is 2.83. The van der Waals surface area contributed by atoms with Gasteiger partial charge in [-0.1, -0.05) is 30.3 Å². The third kappa shape index (κ3) is 4.06. The van der Waals surface area contributed by atoms with Crippen molar-refractivity contribution >= 4 is 11.6 Å². The van der Waals surface area contributed by atoms with E-state index in [0.29, 0.717) is 5.28 Å². The van der Waals surface area contributed by atoms with E-state index in [-0.39, 0.29) is 6.10 Å². The number of ether oxygens (including phenoxy) is 1. The van der Waals surface area contributed by atoms with E-state index in [4.69, 9.17) is 16.3 Å². The molecule has 1 fully saturated rings. The molecular weight excluding hydrogens is 286 g/mol. The molecule has 1 aliphatic rings. The number of rotatable bonds is 4. The minimum absolute atomic E-state index is 0.155. The third-order valence-electron chi connectivity index (χ3n) is 3.75. The van der Waals surface area contributed by atoms with E-state index >= 15 is 0 Å². The average molecular weight is 306 g/mol. The summed E-state index contributed by atoms with van der Waals surface area (Å²) in [5.74, 6) is 0. The first-order valence-electron chi connectivity index (χ1n) is 7.36. The molecule has 2 heterocycles. The molecule has 4 nitrogen and oxygen atoms in total. The lowest BCUT2D eigenvalue weighted by Gasteiger charge is -2.24. The smallest absolute Gasteiger partial charge is 0.202 e. The second-order valence-electron chi connectivity index (χ2n) is 5.42. The second kappa shape index (κ2) is 7.07. The molecule has 1 unspecified atom stereocenters. The van der Waals surface area contributed by atoms with Crippen LogP contribution in [0.2, 0.25) is 5.28 Å². The summed E-state index contributed by atoms with van der Waals surface area (Å²) >= 11 is 6.05. The molecule has 0 amide bonds. The summed E-state index contributed by atoms with van der Waals surface area (Å²) in [6.07, 6.45) is 4.85. The van der Waals surface area contributed by atoms with Gasteiger partial charge in [-0.05, 0) is 23.6 Å². The Labute approximate surface area is 130 Å². The van der Waals surface area contributed by atoms with Gasteiger partial charge in [0.25, 0.3) is 0 Å². The number of aromatic nitrogens is 2. The summed E-state index contributed by atoms with van der Waals surface area (Å²) in [6, 6.07) is 10.6. The van der Waals surface area contributed by atoms with E-state index in [1.54, 1.807) is 6.20 Å². The van der Waals surface area contributed by atoms with Gasteiger partial charge in [0.15, 0.2) is 0 Å². The van der Waals surface area contributed by atoms with E-state index in [1.807, 2.05) is 10.8 Å². The highest BCUT2D eigenvalue weighted by molar-refractivity contribution is 6.28. The quantitative estimate of drug-likeness (QED) is 0.870. The molecule has 5 heteroatoms. The highest BCUT2D eigenvalue weighted by atomic mass is 35.5. The average Bonchev–Trinajstić information content (AvgIpc) is 2.76. The molecule has 0 bridgehead atoms. The van der Waals surface area contributed by atoms with Crippen molar-refractivity contribution in [3.8, 4) is 0 Å². The van der Waals surface area contributed by atoms with Gasteiger partial charge >= 0.3 is 0 Å². The molecule has 1 aromatic heterocycles. The van der Waals surface area contributed by atoms with Gasteiger partial charge in [-0.25, -0.2) is 4.98 Å². The fourth-order valence-corrected chi connectivity index (χ4v) is 2.91. The van der Waals surface area contributed by atoms with Crippen LogP contribution in [-0.4, -0.2) is 40.3 Å². The summed E-state index contributed by atoms with van der Waals surface area (Å²) < 4.78 is 7.89. The molecule has 0 spiro atoms. The molecule has 0 saturated carbocycles. The van der Waals surface area contributed by atoms with Crippen molar-refractivity contribution in [1.29, 1.82) is 0 Å². The van der Waals surface area contributed by atoms with Gasteiger partial charge in [-0.3, -0.25) is 4.90 Å². The number of imidazole rings is 1. The summed E-state index contributed by atoms with van der Waals surface area (Å²) in [6.45, 7) is 4.53. The first kappa shape index (κ1) is 14.6. The molecule has 0 N–H and O–H groups in total. The fourth-order valence-electron chi connectivity index (χ4n) is 2.73. The largest absolute Gasteiger partial charge is 0.375 e. The van der Waals surface area contributed by atoms with Crippen LogP contribution >= 0.6 is 11.6 Å². The molecule has 0 radical (unpaired) electrons. The topological polar surface area (TPSA) is 30.3 Å². The zero-order valence-corrected chi connectivity index (χ0v) is 12.7. The van der Waals surface area contributed by atoms with Gasteiger partial charge < -0.3 is 9.30 Å². The molecule has 1 aromatic carbocycles. The van der Waals surface area contributed by atoms with Crippen molar-refractivity contribution in [3.05, 3.63) is 53.6 Å². The molecule has 21 heavy (non-hydrogen) atoms. The van der Waals surface area contributed by atoms with Gasteiger partial charge in [-0.15, -0.1) is 0 Å². The molecule has 0 aliphatic carbocycles. The minimum atomic E-state index is 0.155. The normalized spacial score (nSPS) is 20.3. The Morgan fingerprint density at radius 3 is 2.90 bits per heavy atom. The third-order valence-corrected chi connectivity index (χ3v) is 4.06. The van der Waals surface area contributed by atoms with Crippen molar-refractivity contribution in [2.24, 2.45) is 0 Å². The standard InChI is InChI=1S/C16H20ClN3O/c17-16-18-7-9-20(16)13-15-12-19(8-4-10-21-15)11-14-5-2-1-3-6-14/h1-3,5-7,9,15H,4,8,10-13H2. The first-order valence-corrected chi connectivity index (χ1v) is 7.73. The van der Waals surface area contributed by atoms with Crippen molar-refractivity contribution in [2.45, 2.75) is 25.6 Å². The van der Waals surface area contributed by atoms with Gasteiger partial charge in [0.2, 0.25) is 5.28 Å². The van der Waals surface area contributed by atoms with Gasteiger partial charge in [-0.2, -0.15) is 0 Å². The molecular formula is C16H20ClN3O. The summed E-state index contributed by atoms with van der Waals surface area (Å²) in [5.41, 5.74) is 1.35. The van der Waals surface area contributed by atoms with Gasteiger partial charge in [0.1, 0.15) is 0 Å². The van der Waals surface area contributed by atoms with Crippen LogP contribution in [0.4, 0.5) is 0 Å². The van der Waals surface area contributed by atoms with Gasteiger partial charge in [0, 0.05) is 38.6 Å². The van der Waals surface area contributed by atoms with E-state index < -0.39 is 0 Å². The van der Waals surface area contributed by atoms with Crippen molar-refractivity contribution in [3.63, 3.8) is 0 Å². The molecule has 1 atom stereocenters. The highest BCUT2D eigenvalue weighted by Crippen LogP contribution is 2.14. The molecule has 112 valence electrons. The maximum Gasteiger partial charge on any atom is 0.202 e. The van der Waals surface area contributed by atoms with Crippen LogP contribution in [0.5, 0.6) is 0 Å². The lowest BCUT2D eigenvalue weighted by Crippen LogP contribution is -2.33. The molecule has 1 aliphatic heterocycles. The van der Waals surface area contributed by atoms with Crippen LogP contribution in [0.15, 0.2) is 42.7 Å². The number of hydrogen-bond acceptors (Lipinski definition) is 3. The molecule has 3 rings (SSSR count). The molecule has 2 aromatic rings. The zero-order chi connectivity index (χ0) is 14.5. The van der Waals surface area contributed by atoms with E-state index in [9.17, 15) is 0 Å².